The van der Waals surface area contributed by atoms with Gasteiger partial charge in [0.15, 0.2) is 0 Å². The molecule has 0 N–H and O–H groups in total. The topological polar surface area (TPSA) is 0 Å². The first-order chi connectivity index (χ1) is 1.73. The minimum absolute atomic E-state index is 0. The van der Waals surface area contributed by atoms with Crippen molar-refractivity contribution in [2.45, 2.75) is 0 Å². The maximum absolute atomic E-state index is 9.81. The standard InChI is InChI=1S/Al.Cr.3FH.Li.Sr.3H/h;;3*1H;;;;;/q+3;;;;;;;;;/p-3. The Bertz CT molecular complexity index is 19.7. The Balaban J connectivity index is -0.0000000150. The quantitative estimate of drug-likeness (QED) is 0.486. The van der Waals surface area contributed by atoms with E-state index in [0.29, 0.717) is 0 Å². The van der Waals surface area contributed by atoms with Crippen molar-refractivity contribution < 1.29 is 27.9 Å². The Labute approximate surface area is 106 Å². The molecule has 0 amide bonds. The van der Waals surface area contributed by atoms with Crippen molar-refractivity contribution in [1.29, 1.82) is 0 Å². The summed E-state index contributed by atoms with van der Waals surface area (Å²) in [5, 5.41) is 0. The van der Waals surface area contributed by atoms with Crippen molar-refractivity contribution in [3.8, 4) is 0 Å². The van der Waals surface area contributed by atoms with Gasteiger partial charge >= 0.3 is 79.9 Å². The molecule has 0 aromatic heterocycles. The molecule has 0 rings (SSSR count). The summed E-state index contributed by atoms with van der Waals surface area (Å²) < 4.78 is 29.4. The molecule has 0 aliphatic carbocycles. The number of hydrogen-bond donors (Lipinski definition) is 0. The third kappa shape index (κ3) is 49.9. The Hall–Kier alpha value is 2.93. The van der Waals surface area contributed by atoms with E-state index in [1.807, 2.05) is 0 Å². The van der Waals surface area contributed by atoms with Crippen LogP contribution in [-0.4, -0.2) is 79.9 Å². The molecule has 0 bridgehead atoms. The fourth-order valence-corrected chi connectivity index (χ4v) is 0. The van der Waals surface area contributed by atoms with Crippen LogP contribution in [0.3, 0.4) is 0 Å². The third-order valence-electron chi connectivity index (χ3n) is 0. The zero-order chi connectivity index (χ0) is 3.58. The summed E-state index contributed by atoms with van der Waals surface area (Å²) in [5.41, 5.74) is 0. The van der Waals surface area contributed by atoms with Gasteiger partial charge < -0.3 is 10.6 Å². The van der Waals surface area contributed by atoms with Gasteiger partial charge in [0, 0.05) is 17.4 Å². The van der Waals surface area contributed by atoms with Gasteiger partial charge in [-0.15, -0.1) is 0 Å². The first kappa shape index (κ1) is 22.5. The van der Waals surface area contributed by atoms with Crippen molar-refractivity contribution in [2.24, 2.45) is 0 Å². The average molecular weight is 234 g/mol. The van der Waals surface area contributed by atoms with Gasteiger partial charge in [-0.05, 0) is 0 Å². The molecule has 7 heavy (non-hydrogen) atoms. The first-order valence-electron chi connectivity index (χ1n) is 0.655. The third-order valence-corrected chi connectivity index (χ3v) is 0. The predicted octanol–water partition coefficient (Wildman–Crippen LogP) is -0.687. The number of halogens is 3. The Morgan fingerprint density at radius 1 is 1.00 bits per heavy atom. The van der Waals surface area contributed by atoms with Gasteiger partial charge in [0.1, 0.15) is 0 Å². The maximum atomic E-state index is 9.81. The summed E-state index contributed by atoms with van der Waals surface area (Å²) in [6.45, 7) is 0. The molecule has 0 atom stereocenters. The summed E-state index contributed by atoms with van der Waals surface area (Å²) in [5.74, 6) is 0. The van der Waals surface area contributed by atoms with Gasteiger partial charge in [0.05, 0.1) is 0 Å². The van der Waals surface area contributed by atoms with Crippen LogP contribution in [0.4, 0.5) is 10.6 Å². The van der Waals surface area contributed by atoms with E-state index in [-0.39, 0.29) is 81.7 Å². The van der Waals surface area contributed by atoms with Crippen LogP contribution in [0.5, 0.6) is 0 Å². The van der Waals surface area contributed by atoms with Crippen LogP contribution in [0.2, 0.25) is 0 Å². The predicted molar refractivity (Wildman–Crippen MR) is 24.8 cm³/mol. The molecule has 36 valence electrons. The van der Waals surface area contributed by atoms with Crippen molar-refractivity contribution in [3.63, 3.8) is 0 Å². The minimum atomic E-state index is -4.64. The molecule has 0 saturated carbocycles. The van der Waals surface area contributed by atoms with E-state index in [9.17, 15) is 10.6 Å². The van der Waals surface area contributed by atoms with Gasteiger partial charge in [0.25, 0.3) is 0 Å². The van der Waals surface area contributed by atoms with Gasteiger partial charge in [-0.25, -0.2) is 0 Å². The number of rotatable bonds is 0. The SMILES string of the molecule is [Cr].[F][Al]([F])[F].[LiH].[SrH2]. The second kappa shape index (κ2) is 16.0. The van der Waals surface area contributed by atoms with Crippen LogP contribution in [0, 0.1) is 0 Å². The number of hydrogen-bond acceptors (Lipinski definition) is 0. The van der Waals surface area contributed by atoms with E-state index in [1.54, 1.807) is 0 Å². The van der Waals surface area contributed by atoms with Crippen LogP contribution in [0.1, 0.15) is 0 Å². The van der Waals surface area contributed by atoms with Gasteiger partial charge in [-0.2, -0.15) is 0 Å². The zero-order valence-corrected chi connectivity index (χ0v) is 4.55. The van der Waals surface area contributed by atoms with Gasteiger partial charge in [-0.1, -0.05) is 0 Å². The molecular formula is H3AlCrF3LiSr. The first-order valence-corrected chi connectivity index (χ1v) is 1.96. The van der Waals surface area contributed by atoms with Crippen LogP contribution < -0.4 is 0 Å². The van der Waals surface area contributed by atoms with Crippen LogP contribution in [0.25, 0.3) is 0 Å². The molecule has 0 aromatic rings. The fraction of sp³-hybridized carbons (Fsp3) is 0. The van der Waals surface area contributed by atoms with Gasteiger partial charge in [-0.3, -0.25) is 0 Å². The van der Waals surface area contributed by atoms with Crippen molar-refractivity contribution in [1.82, 2.24) is 0 Å². The summed E-state index contributed by atoms with van der Waals surface area (Å²) >= 11 is -4.64. The van der Waals surface area contributed by atoms with E-state index in [0.717, 1.165) is 0 Å². The molecule has 0 unspecified atom stereocenters. The van der Waals surface area contributed by atoms with Crippen molar-refractivity contribution >= 4 is 79.9 Å². The molecule has 0 fully saturated rings. The van der Waals surface area contributed by atoms with E-state index in [1.165, 1.54) is 0 Å². The van der Waals surface area contributed by atoms with Crippen molar-refractivity contribution in [3.05, 3.63) is 0 Å². The Kier molecular flexibility index (Phi) is 51.4. The molecule has 7 heteroatoms. The van der Waals surface area contributed by atoms with E-state index in [4.69, 9.17) is 0 Å². The van der Waals surface area contributed by atoms with Gasteiger partial charge in [0.2, 0.25) is 0 Å². The second-order valence-corrected chi connectivity index (χ2v) is 0.742. The molecule has 0 nitrogen and oxygen atoms in total. The zero-order valence-electron chi connectivity index (χ0n) is 2.12. The molecule has 0 radical (unpaired) electrons. The van der Waals surface area contributed by atoms with E-state index in [2.05, 4.69) is 0 Å². The van der Waals surface area contributed by atoms with Crippen LogP contribution in [-0.2, 0) is 17.4 Å². The normalized spacial score (nSPS) is 3.86. The second-order valence-electron chi connectivity index (χ2n) is 0.247. The molecule has 0 aromatic carbocycles. The molecular weight excluding hydrogens is 231 g/mol. The summed E-state index contributed by atoms with van der Waals surface area (Å²) in [6.07, 6.45) is 0. The molecule has 0 aliphatic heterocycles. The fourth-order valence-electron chi connectivity index (χ4n) is 0. The van der Waals surface area contributed by atoms with Crippen LogP contribution >= 0.6 is 0 Å². The summed E-state index contributed by atoms with van der Waals surface area (Å²) in [6, 6.07) is 0. The molecule has 0 spiro atoms. The van der Waals surface area contributed by atoms with E-state index < -0.39 is 15.5 Å². The molecule has 0 saturated heterocycles. The monoisotopic (exact) mass is 234 g/mol. The summed E-state index contributed by atoms with van der Waals surface area (Å²) in [7, 11) is 0. The Morgan fingerprint density at radius 3 is 1.00 bits per heavy atom. The average Bonchev–Trinajstić information content (AvgIpc) is 0.811. The molecule has 0 heterocycles. The molecule has 0 aliphatic rings. The van der Waals surface area contributed by atoms with Crippen LogP contribution in [0.15, 0.2) is 0 Å². The van der Waals surface area contributed by atoms with E-state index >= 15 is 0 Å². The Morgan fingerprint density at radius 2 is 1.00 bits per heavy atom. The summed E-state index contributed by atoms with van der Waals surface area (Å²) in [4.78, 5) is 0. The van der Waals surface area contributed by atoms with Crippen molar-refractivity contribution in [2.75, 3.05) is 0 Å².